The van der Waals surface area contributed by atoms with Crippen LogP contribution in [-0.2, 0) is 11.2 Å². The molecule has 0 amide bonds. The van der Waals surface area contributed by atoms with Crippen molar-refractivity contribution in [3.8, 4) is 0 Å². The second-order valence-corrected chi connectivity index (χ2v) is 3.87. The predicted molar refractivity (Wildman–Crippen MR) is 60.4 cm³/mol. The summed E-state index contributed by atoms with van der Waals surface area (Å²) in [6.07, 6.45) is 0.530. The summed E-state index contributed by atoms with van der Waals surface area (Å²) in [5, 5.41) is 19.0. The van der Waals surface area contributed by atoms with Gasteiger partial charge in [-0.25, -0.2) is 4.79 Å². The zero-order chi connectivity index (χ0) is 11.7. The first-order valence-corrected chi connectivity index (χ1v) is 5.06. The van der Waals surface area contributed by atoms with E-state index in [9.17, 15) is 9.90 Å². The summed E-state index contributed by atoms with van der Waals surface area (Å²) in [4.78, 5) is 13.7. The van der Waals surface area contributed by atoms with E-state index < -0.39 is 12.1 Å². The second kappa shape index (κ2) is 3.98. The van der Waals surface area contributed by atoms with Crippen LogP contribution in [0.4, 0.5) is 0 Å². The van der Waals surface area contributed by atoms with Crippen molar-refractivity contribution in [1.82, 2.24) is 4.98 Å². The van der Waals surface area contributed by atoms with Crippen LogP contribution in [0.2, 0.25) is 0 Å². The number of fused-ring (bicyclic) bond motifs is 1. The highest BCUT2D eigenvalue weighted by Gasteiger charge is 2.16. The fourth-order valence-electron chi connectivity index (χ4n) is 1.91. The first-order chi connectivity index (χ1) is 7.59. The maximum atomic E-state index is 10.6. The minimum atomic E-state index is -1.35. The largest absolute Gasteiger partial charge is 0.479 e. The molecule has 4 nitrogen and oxygen atoms in total. The van der Waals surface area contributed by atoms with Crippen LogP contribution in [0.15, 0.2) is 24.4 Å². The fourth-order valence-corrected chi connectivity index (χ4v) is 1.91. The Balaban J connectivity index is 2.42. The number of aromatic amines is 1. The number of carboxylic acids is 1. The lowest BCUT2D eigenvalue weighted by Crippen LogP contribution is -2.21. The number of aliphatic hydroxyl groups excluding tert-OH is 1. The van der Waals surface area contributed by atoms with Crippen molar-refractivity contribution in [3.63, 3.8) is 0 Å². The summed E-state index contributed by atoms with van der Waals surface area (Å²) in [5.41, 5.74) is 2.88. The summed E-state index contributed by atoms with van der Waals surface area (Å²) in [6, 6.07) is 5.83. The first kappa shape index (κ1) is 10.7. The Morgan fingerprint density at radius 2 is 2.25 bits per heavy atom. The Bertz CT molecular complexity index is 530. The summed E-state index contributed by atoms with van der Waals surface area (Å²) in [6.45, 7) is 1.97. The number of hydrogen-bond acceptors (Lipinski definition) is 2. The molecule has 0 spiro atoms. The zero-order valence-electron chi connectivity index (χ0n) is 8.90. The summed E-state index contributed by atoms with van der Waals surface area (Å²) < 4.78 is 0. The highest BCUT2D eigenvalue weighted by atomic mass is 16.4. The van der Waals surface area contributed by atoms with Gasteiger partial charge in [0.1, 0.15) is 0 Å². The number of carboxylic acid groups (broad SMARTS) is 1. The molecule has 1 aromatic heterocycles. The third kappa shape index (κ3) is 1.79. The maximum absolute atomic E-state index is 10.6. The number of aryl methyl sites for hydroxylation is 1. The van der Waals surface area contributed by atoms with Gasteiger partial charge in [0.05, 0.1) is 0 Å². The molecule has 3 N–H and O–H groups in total. The van der Waals surface area contributed by atoms with Crippen molar-refractivity contribution < 1.29 is 15.0 Å². The molecule has 2 rings (SSSR count). The lowest BCUT2D eigenvalue weighted by Gasteiger charge is -2.05. The molecular weight excluding hydrogens is 206 g/mol. The van der Waals surface area contributed by atoms with Crippen LogP contribution < -0.4 is 0 Å². The summed E-state index contributed by atoms with van der Waals surface area (Å²) >= 11 is 0. The van der Waals surface area contributed by atoms with Crippen LogP contribution in [0.5, 0.6) is 0 Å². The van der Waals surface area contributed by atoms with Gasteiger partial charge in [0.25, 0.3) is 0 Å². The SMILES string of the molecule is Cc1cccc2[nH]cc(CC(O)C(=O)O)c12. The number of H-pyrrole nitrogens is 1. The van der Waals surface area contributed by atoms with Crippen molar-refractivity contribution in [2.45, 2.75) is 19.4 Å². The summed E-state index contributed by atoms with van der Waals surface area (Å²) in [7, 11) is 0. The van der Waals surface area contributed by atoms with Crippen molar-refractivity contribution in [3.05, 3.63) is 35.5 Å². The standard InChI is InChI=1S/C12H13NO3/c1-7-3-2-4-9-11(7)8(6-13-9)5-10(14)12(15)16/h2-4,6,10,13-14H,5H2,1H3,(H,15,16). The number of aliphatic carboxylic acids is 1. The van der Waals surface area contributed by atoms with Crippen LogP contribution in [0, 0.1) is 6.92 Å². The van der Waals surface area contributed by atoms with Gasteiger partial charge in [-0.1, -0.05) is 12.1 Å². The van der Waals surface area contributed by atoms with Gasteiger partial charge < -0.3 is 15.2 Å². The molecule has 0 radical (unpaired) electrons. The van der Waals surface area contributed by atoms with Gasteiger partial charge in [-0.3, -0.25) is 0 Å². The minimum Gasteiger partial charge on any atom is -0.479 e. The van der Waals surface area contributed by atoms with E-state index >= 15 is 0 Å². The number of aliphatic hydroxyl groups is 1. The fraction of sp³-hybridized carbons (Fsp3) is 0.250. The topological polar surface area (TPSA) is 73.3 Å². The molecule has 4 heteroatoms. The maximum Gasteiger partial charge on any atom is 0.332 e. The van der Waals surface area contributed by atoms with E-state index in [1.807, 2.05) is 25.1 Å². The van der Waals surface area contributed by atoms with Crippen molar-refractivity contribution >= 4 is 16.9 Å². The lowest BCUT2D eigenvalue weighted by atomic mass is 10.0. The van der Waals surface area contributed by atoms with Crippen molar-refractivity contribution in [2.24, 2.45) is 0 Å². The van der Waals surface area contributed by atoms with Crippen LogP contribution >= 0.6 is 0 Å². The molecule has 16 heavy (non-hydrogen) atoms. The second-order valence-electron chi connectivity index (χ2n) is 3.87. The van der Waals surface area contributed by atoms with E-state index in [2.05, 4.69) is 4.98 Å². The molecule has 1 unspecified atom stereocenters. The molecule has 0 aliphatic heterocycles. The molecule has 0 aliphatic carbocycles. The zero-order valence-corrected chi connectivity index (χ0v) is 8.90. The van der Waals surface area contributed by atoms with Crippen LogP contribution in [-0.4, -0.2) is 27.3 Å². The van der Waals surface area contributed by atoms with E-state index in [0.29, 0.717) is 0 Å². The van der Waals surface area contributed by atoms with Crippen LogP contribution in [0.1, 0.15) is 11.1 Å². The molecule has 0 aliphatic rings. The molecular formula is C12H13NO3. The van der Waals surface area contributed by atoms with Gasteiger partial charge in [-0.05, 0) is 24.1 Å². The van der Waals surface area contributed by atoms with Crippen molar-refractivity contribution in [2.75, 3.05) is 0 Å². The predicted octanol–water partition coefficient (Wildman–Crippen LogP) is 1.46. The molecule has 1 heterocycles. The number of carbonyl (C=O) groups is 1. The Labute approximate surface area is 92.5 Å². The normalized spacial score (nSPS) is 12.9. The van der Waals surface area contributed by atoms with E-state index in [4.69, 9.17) is 5.11 Å². The number of rotatable bonds is 3. The lowest BCUT2D eigenvalue weighted by molar-refractivity contribution is -0.146. The minimum absolute atomic E-state index is 0.125. The highest BCUT2D eigenvalue weighted by molar-refractivity contribution is 5.87. The number of aromatic nitrogens is 1. The third-order valence-electron chi connectivity index (χ3n) is 2.69. The van der Waals surface area contributed by atoms with Gasteiger partial charge in [0.15, 0.2) is 6.10 Å². The number of benzene rings is 1. The van der Waals surface area contributed by atoms with Crippen LogP contribution in [0.25, 0.3) is 10.9 Å². The first-order valence-electron chi connectivity index (χ1n) is 5.06. The molecule has 1 aromatic carbocycles. The van der Waals surface area contributed by atoms with Gasteiger partial charge in [0.2, 0.25) is 0 Å². The average Bonchev–Trinajstić information content (AvgIpc) is 2.63. The molecule has 1 atom stereocenters. The van der Waals surface area contributed by atoms with Crippen molar-refractivity contribution in [1.29, 1.82) is 0 Å². The molecule has 84 valence electrons. The highest BCUT2D eigenvalue weighted by Crippen LogP contribution is 2.23. The quantitative estimate of drug-likeness (QED) is 0.731. The Hall–Kier alpha value is -1.81. The Morgan fingerprint density at radius 3 is 2.94 bits per heavy atom. The van der Waals surface area contributed by atoms with Gasteiger partial charge in [0, 0.05) is 23.5 Å². The third-order valence-corrected chi connectivity index (χ3v) is 2.69. The van der Waals surface area contributed by atoms with E-state index in [1.165, 1.54) is 0 Å². The summed E-state index contributed by atoms with van der Waals surface area (Å²) in [5.74, 6) is -1.19. The molecule has 0 saturated heterocycles. The van der Waals surface area contributed by atoms with E-state index in [-0.39, 0.29) is 6.42 Å². The molecule has 2 aromatic rings. The molecule has 0 saturated carbocycles. The Kier molecular flexibility index (Phi) is 2.66. The average molecular weight is 219 g/mol. The van der Waals surface area contributed by atoms with Crippen LogP contribution in [0.3, 0.4) is 0 Å². The van der Waals surface area contributed by atoms with Gasteiger partial charge in [-0.2, -0.15) is 0 Å². The smallest absolute Gasteiger partial charge is 0.332 e. The van der Waals surface area contributed by atoms with Gasteiger partial charge in [-0.15, -0.1) is 0 Å². The Morgan fingerprint density at radius 1 is 1.50 bits per heavy atom. The van der Waals surface area contributed by atoms with E-state index in [0.717, 1.165) is 22.0 Å². The number of hydrogen-bond donors (Lipinski definition) is 3. The molecule has 0 fully saturated rings. The molecule has 0 bridgehead atoms. The van der Waals surface area contributed by atoms with Gasteiger partial charge >= 0.3 is 5.97 Å². The number of nitrogens with one attached hydrogen (secondary N) is 1. The van der Waals surface area contributed by atoms with E-state index in [1.54, 1.807) is 6.20 Å². The monoisotopic (exact) mass is 219 g/mol.